The van der Waals surface area contributed by atoms with Gasteiger partial charge in [0.1, 0.15) is 12.4 Å². The number of carbonyl (C=O) groups excluding carboxylic acids is 1. The first kappa shape index (κ1) is 25.3. The number of amides is 1. The summed E-state index contributed by atoms with van der Waals surface area (Å²) in [6.07, 6.45) is 0. The van der Waals surface area contributed by atoms with E-state index in [1.54, 1.807) is 23.1 Å². The number of ether oxygens (including phenoxy) is 1. The van der Waals surface area contributed by atoms with Crippen LogP contribution in [0, 0.1) is 29.1 Å². The molecule has 0 N–H and O–H groups in total. The fourth-order valence-electron chi connectivity index (χ4n) is 3.60. The lowest BCUT2D eigenvalue weighted by atomic mass is 10.2. The molecule has 4 rings (SSSR count). The molecule has 1 aliphatic heterocycles. The van der Waals surface area contributed by atoms with Crippen LogP contribution >= 0.6 is 23.2 Å². The van der Waals surface area contributed by atoms with Crippen LogP contribution in [0.1, 0.15) is 21.9 Å². The van der Waals surface area contributed by atoms with Crippen LogP contribution in [0.2, 0.25) is 10.0 Å². The number of hydrogen-bond donors (Lipinski definition) is 0. The number of benzene rings is 2. The van der Waals surface area contributed by atoms with Crippen molar-refractivity contribution in [2.24, 2.45) is 0 Å². The van der Waals surface area contributed by atoms with Gasteiger partial charge >= 0.3 is 0 Å². The molecule has 2 aromatic carbocycles. The molecular weight excluding hydrogens is 518 g/mol. The lowest BCUT2D eigenvalue weighted by Gasteiger charge is -2.34. The van der Waals surface area contributed by atoms with Crippen LogP contribution < -0.4 is 4.74 Å². The molecule has 1 saturated heterocycles. The first-order valence-electron chi connectivity index (χ1n) is 10.3. The molecule has 1 amide bonds. The largest absolute Gasteiger partial charge is 0.479 e. The molecule has 0 unspecified atom stereocenters. The number of carbonyl (C=O) groups is 1. The number of rotatable bonds is 6. The molecule has 186 valence electrons. The fourth-order valence-corrected chi connectivity index (χ4v) is 4.11. The van der Waals surface area contributed by atoms with Gasteiger partial charge in [0.25, 0.3) is 5.91 Å². The Morgan fingerprint density at radius 2 is 1.43 bits per heavy atom. The van der Waals surface area contributed by atoms with E-state index in [-0.39, 0.29) is 11.5 Å². The highest BCUT2D eigenvalue weighted by Gasteiger charge is 2.28. The van der Waals surface area contributed by atoms with E-state index in [4.69, 9.17) is 32.4 Å². The molecule has 0 spiro atoms. The Bertz CT molecular complexity index is 1210. The summed E-state index contributed by atoms with van der Waals surface area (Å²) in [5.41, 5.74) is 0.806. The number of hydrogen-bond acceptors (Lipinski definition) is 4. The van der Waals surface area contributed by atoms with Crippen LogP contribution in [0.5, 0.6) is 5.75 Å². The van der Waals surface area contributed by atoms with Gasteiger partial charge in [-0.2, -0.15) is 8.78 Å². The average Bonchev–Trinajstić information content (AvgIpc) is 3.33. The van der Waals surface area contributed by atoms with E-state index >= 15 is 0 Å². The molecular formula is C23H17Cl2F5N2O3. The Morgan fingerprint density at radius 3 is 2.03 bits per heavy atom. The van der Waals surface area contributed by atoms with E-state index in [0.29, 0.717) is 42.8 Å². The van der Waals surface area contributed by atoms with Gasteiger partial charge in [-0.3, -0.25) is 9.69 Å². The maximum atomic E-state index is 13.7. The molecule has 0 aliphatic carbocycles. The summed E-state index contributed by atoms with van der Waals surface area (Å²) >= 11 is 12.4. The lowest BCUT2D eigenvalue weighted by Crippen LogP contribution is -2.48. The van der Waals surface area contributed by atoms with Crippen LogP contribution in [-0.2, 0) is 13.2 Å². The molecule has 12 heteroatoms. The fraction of sp³-hybridized carbons (Fsp3) is 0.261. The number of piperazine rings is 1. The quantitative estimate of drug-likeness (QED) is 0.227. The lowest BCUT2D eigenvalue weighted by molar-refractivity contribution is 0.0594. The molecule has 5 nitrogen and oxygen atoms in total. The van der Waals surface area contributed by atoms with Crippen molar-refractivity contribution in [1.82, 2.24) is 9.80 Å². The molecule has 0 radical (unpaired) electrons. The molecule has 1 aliphatic rings. The molecule has 2 heterocycles. The summed E-state index contributed by atoms with van der Waals surface area (Å²) < 4.78 is 77.3. The van der Waals surface area contributed by atoms with E-state index < -0.39 is 47.3 Å². The van der Waals surface area contributed by atoms with Crippen LogP contribution in [-0.4, -0.2) is 41.9 Å². The minimum Gasteiger partial charge on any atom is -0.479 e. The van der Waals surface area contributed by atoms with Gasteiger partial charge in [0.15, 0.2) is 11.5 Å². The van der Waals surface area contributed by atoms with Gasteiger partial charge in [0.2, 0.25) is 29.1 Å². The highest BCUT2D eigenvalue weighted by Crippen LogP contribution is 2.30. The smallest absolute Gasteiger partial charge is 0.289 e. The third-order valence-corrected chi connectivity index (χ3v) is 6.21. The van der Waals surface area contributed by atoms with Crippen molar-refractivity contribution < 1.29 is 35.9 Å². The van der Waals surface area contributed by atoms with E-state index in [9.17, 15) is 26.7 Å². The first-order chi connectivity index (χ1) is 16.7. The molecule has 35 heavy (non-hydrogen) atoms. The van der Waals surface area contributed by atoms with Gasteiger partial charge < -0.3 is 14.1 Å². The van der Waals surface area contributed by atoms with Crippen molar-refractivity contribution in [2.45, 2.75) is 13.2 Å². The zero-order valence-corrected chi connectivity index (χ0v) is 19.4. The minimum atomic E-state index is -2.28. The standard InChI is InChI=1S/C23H17Cl2F5N2O3/c24-14-2-1-3-15(25)13(14)10-31-6-8-32(9-7-31)23(33)16-5-4-12(35-16)11-34-22-20(29)18(27)17(26)19(28)21(22)30/h1-5H,6-11H2. The van der Waals surface area contributed by atoms with Gasteiger partial charge in [0.05, 0.1) is 0 Å². The topological polar surface area (TPSA) is 45.9 Å². The van der Waals surface area contributed by atoms with Crippen molar-refractivity contribution in [3.05, 3.63) is 86.5 Å². The van der Waals surface area contributed by atoms with Crippen LogP contribution in [0.3, 0.4) is 0 Å². The summed E-state index contributed by atoms with van der Waals surface area (Å²) in [4.78, 5) is 16.4. The summed E-state index contributed by atoms with van der Waals surface area (Å²) in [6, 6.07) is 7.93. The maximum Gasteiger partial charge on any atom is 0.289 e. The van der Waals surface area contributed by atoms with Crippen molar-refractivity contribution in [3.8, 4) is 5.75 Å². The van der Waals surface area contributed by atoms with E-state index in [1.165, 1.54) is 12.1 Å². The first-order valence-corrected chi connectivity index (χ1v) is 11.1. The van der Waals surface area contributed by atoms with Crippen molar-refractivity contribution in [3.63, 3.8) is 0 Å². The number of halogens is 7. The minimum absolute atomic E-state index is 0.0377. The van der Waals surface area contributed by atoms with Gasteiger partial charge in [0, 0.05) is 48.3 Å². The number of furan rings is 1. The predicted octanol–water partition coefficient (Wildman–Crippen LogP) is 5.82. The second-order valence-electron chi connectivity index (χ2n) is 7.72. The van der Waals surface area contributed by atoms with Gasteiger partial charge in [-0.15, -0.1) is 0 Å². The van der Waals surface area contributed by atoms with Crippen LogP contribution in [0.15, 0.2) is 34.7 Å². The second-order valence-corrected chi connectivity index (χ2v) is 8.54. The average molecular weight is 535 g/mol. The monoisotopic (exact) mass is 534 g/mol. The Labute approximate surface area is 206 Å². The molecule has 0 bridgehead atoms. The van der Waals surface area contributed by atoms with E-state index in [1.807, 2.05) is 0 Å². The SMILES string of the molecule is O=C(c1ccc(COc2c(F)c(F)c(F)c(F)c2F)o1)N1CCN(Cc2c(Cl)cccc2Cl)CC1. The summed E-state index contributed by atoms with van der Waals surface area (Å²) in [5.74, 6) is -12.7. The molecule has 1 aromatic heterocycles. The van der Waals surface area contributed by atoms with Gasteiger partial charge in [-0.1, -0.05) is 29.3 Å². The van der Waals surface area contributed by atoms with E-state index in [2.05, 4.69) is 4.90 Å². The van der Waals surface area contributed by atoms with Crippen LogP contribution in [0.4, 0.5) is 22.0 Å². The molecule has 1 fully saturated rings. The summed E-state index contributed by atoms with van der Waals surface area (Å²) in [7, 11) is 0. The highest BCUT2D eigenvalue weighted by atomic mass is 35.5. The summed E-state index contributed by atoms with van der Waals surface area (Å²) in [6.45, 7) is 1.79. The van der Waals surface area contributed by atoms with E-state index in [0.717, 1.165) is 5.56 Å². The van der Waals surface area contributed by atoms with Gasteiger partial charge in [-0.25, -0.2) is 13.2 Å². The Balaban J connectivity index is 1.35. The van der Waals surface area contributed by atoms with Gasteiger partial charge in [-0.05, 0) is 24.3 Å². The van der Waals surface area contributed by atoms with Crippen molar-refractivity contribution in [2.75, 3.05) is 26.2 Å². The van der Waals surface area contributed by atoms with Crippen molar-refractivity contribution in [1.29, 1.82) is 0 Å². The third-order valence-electron chi connectivity index (χ3n) is 5.50. The molecule has 3 aromatic rings. The van der Waals surface area contributed by atoms with Crippen LogP contribution in [0.25, 0.3) is 0 Å². The Morgan fingerprint density at radius 1 is 0.857 bits per heavy atom. The normalized spacial score (nSPS) is 14.4. The Kier molecular flexibility index (Phi) is 7.53. The Hall–Kier alpha value is -2.82. The highest BCUT2D eigenvalue weighted by molar-refractivity contribution is 6.35. The maximum absolute atomic E-state index is 13.7. The second kappa shape index (κ2) is 10.4. The third kappa shape index (κ3) is 5.24. The van der Waals surface area contributed by atoms with Crippen molar-refractivity contribution >= 4 is 29.1 Å². The predicted molar refractivity (Wildman–Crippen MR) is 117 cm³/mol. The molecule has 0 atom stereocenters. The number of nitrogens with zero attached hydrogens (tertiary/aromatic N) is 2. The zero-order valence-electron chi connectivity index (χ0n) is 17.9. The molecule has 0 saturated carbocycles. The summed E-state index contributed by atoms with van der Waals surface area (Å²) in [5, 5.41) is 1.12. The zero-order chi connectivity index (χ0) is 25.3.